The zero-order chi connectivity index (χ0) is 19.6. The third kappa shape index (κ3) is 3.52. The van der Waals surface area contributed by atoms with Crippen LogP contribution in [-0.2, 0) is 6.54 Å². The molecule has 8 heteroatoms. The Labute approximate surface area is 166 Å². The molecule has 1 fully saturated rings. The average Bonchev–Trinajstić information content (AvgIpc) is 3.40. The van der Waals surface area contributed by atoms with E-state index in [1.54, 1.807) is 23.6 Å². The van der Waals surface area contributed by atoms with Crippen LogP contribution >= 0.6 is 0 Å². The Hall–Kier alpha value is -3.81. The molecule has 0 spiro atoms. The lowest BCUT2D eigenvalue weighted by molar-refractivity contribution is 0.0569. The predicted octanol–water partition coefficient (Wildman–Crippen LogP) is 2.62. The van der Waals surface area contributed by atoms with Crippen molar-refractivity contribution in [2.45, 2.75) is 12.5 Å². The molecule has 144 valence electrons. The average molecular weight is 386 g/mol. The summed E-state index contributed by atoms with van der Waals surface area (Å²) in [5, 5.41) is 4.00. The van der Waals surface area contributed by atoms with E-state index in [4.69, 9.17) is 4.52 Å². The van der Waals surface area contributed by atoms with Gasteiger partial charge in [-0.3, -0.25) is 9.78 Å². The molecule has 0 saturated carbocycles. The minimum absolute atomic E-state index is 0.0138. The van der Waals surface area contributed by atoms with Gasteiger partial charge >= 0.3 is 0 Å². The first-order valence-electron chi connectivity index (χ1n) is 9.35. The number of benzene rings is 1. The molecule has 5 rings (SSSR count). The highest BCUT2D eigenvalue weighted by Crippen LogP contribution is 2.28. The minimum atomic E-state index is 0.0138. The van der Waals surface area contributed by atoms with Gasteiger partial charge in [0.1, 0.15) is 5.69 Å². The zero-order valence-electron chi connectivity index (χ0n) is 15.5. The topological polar surface area (TPSA) is 89.9 Å². The quantitative estimate of drug-likeness (QED) is 0.524. The van der Waals surface area contributed by atoms with Crippen LogP contribution in [0.25, 0.3) is 11.5 Å². The van der Waals surface area contributed by atoms with Crippen molar-refractivity contribution in [2.75, 3.05) is 13.1 Å². The lowest BCUT2D eigenvalue weighted by Gasteiger charge is -2.37. The number of amides is 1. The number of aromatic nitrogens is 5. The SMILES string of the molecule is O=C(c1ccc(Cn2ccnc2)cc1)N1CC(c2nc(-c3ccccn3)no2)C1. The van der Waals surface area contributed by atoms with Crippen LogP contribution in [0, 0.1) is 0 Å². The summed E-state index contributed by atoms with van der Waals surface area (Å²) in [7, 11) is 0. The van der Waals surface area contributed by atoms with Crippen molar-refractivity contribution in [2.24, 2.45) is 0 Å². The summed E-state index contributed by atoms with van der Waals surface area (Å²) in [6.07, 6.45) is 7.13. The third-order valence-electron chi connectivity index (χ3n) is 4.98. The summed E-state index contributed by atoms with van der Waals surface area (Å²) in [6, 6.07) is 13.2. The molecule has 0 N–H and O–H groups in total. The van der Waals surface area contributed by atoms with Gasteiger partial charge in [0, 0.05) is 43.8 Å². The summed E-state index contributed by atoms with van der Waals surface area (Å²) in [6.45, 7) is 1.87. The summed E-state index contributed by atoms with van der Waals surface area (Å²) >= 11 is 0. The molecule has 0 radical (unpaired) electrons. The fourth-order valence-corrected chi connectivity index (χ4v) is 3.33. The molecule has 3 aromatic heterocycles. The van der Waals surface area contributed by atoms with E-state index in [1.807, 2.05) is 53.2 Å². The second-order valence-electron chi connectivity index (χ2n) is 7.01. The van der Waals surface area contributed by atoms with Crippen molar-refractivity contribution < 1.29 is 9.32 Å². The van der Waals surface area contributed by atoms with Crippen LogP contribution in [-0.4, -0.2) is 48.6 Å². The van der Waals surface area contributed by atoms with E-state index in [0.29, 0.717) is 36.1 Å². The second kappa shape index (κ2) is 7.31. The van der Waals surface area contributed by atoms with Crippen molar-refractivity contribution in [3.63, 3.8) is 0 Å². The molecule has 8 nitrogen and oxygen atoms in total. The van der Waals surface area contributed by atoms with Crippen molar-refractivity contribution >= 4 is 5.91 Å². The molecule has 1 saturated heterocycles. The molecule has 4 heterocycles. The van der Waals surface area contributed by atoms with E-state index in [2.05, 4.69) is 20.1 Å². The largest absolute Gasteiger partial charge is 0.338 e. The number of rotatable bonds is 5. The second-order valence-corrected chi connectivity index (χ2v) is 7.01. The van der Waals surface area contributed by atoms with Gasteiger partial charge in [0.05, 0.1) is 12.2 Å². The maximum atomic E-state index is 12.7. The standard InChI is InChI=1S/C21H18N6O2/c28-21(16-6-4-15(5-7-16)11-26-10-9-22-14-26)27-12-17(13-27)20-24-19(25-29-20)18-3-1-2-8-23-18/h1-10,14,17H,11-13H2. The first kappa shape index (κ1) is 17.3. The van der Waals surface area contributed by atoms with E-state index >= 15 is 0 Å². The molecule has 1 aliphatic heterocycles. The molecular weight excluding hydrogens is 368 g/mol. The van der Waals surface area contributed by atoms with E-state index in [1.165, 1.54) is 0 Å². The predicted molar refractivity (Wildman–Crippen MR) is 104 cm³/mol. The van der Waals surface area contributed by atoms with Gasteiger partial charge in [0.25, 0.3) is 5.91 Å². The van der Waals surface area contributed by atoms with Crippen LogP contribution in [0.1, 0.15) is 27.7 Å². The van der Waals surface area contributed by atoms with Gasteiger partial charge in [-0.25, -0.2) is 4.98 Å². The molecule has 1 aromatic carbocycles. The fraction of sp³-hybridized carbons (Fsp3) is 0.190. The highest BCUT2D eigenvalue weighted by Gasteiger charge is 2.36. The van der Waals surface area contributed by atoms with Crippen molar-refractivity contribution in [1.29, 1.82) is 0 Å². The minimum Gasteiger partial charge on any atom is -0.338 e. The van der Waals surface area contributed by atoms with Gasteiger partial charge in [0.15, 0.2) is 0 Å². The highest BCUT2D eigenvalue weighted by molar-refractivity contribution is 5.94. The number of pyridine rings is 1. The smallest absolute Gasteiger partial charge is 0.253 e. The lowest BCUT2D eigenvalue weighted by Crippen LogP contribution is -2.48. The Morgan fingerprint density at radius 1 is 1.10 bits per heavy atom. The fourth-order valence-electron chi connectivity index (χ4n) is 3.33. The van der Waals surface area contributed by atoms with E-state index in [9.17, 15) is 4.79 Å². The van der Waals surface area contributed by atoms with Crippen LogP contribution in [0.15, 0.2) is 71.9 Å². The lowest BCUT2D eigenvalue weighted by atomic mass is 9.98. The summed E-state index contributed by atoms with van der Waals surface area (Å²) in [5.74, 6) is 1.09. The van der Waals surface area contributed by atoms with E-state index < -0.39 is 0 Å². The number of carbonyl (C=O) groups is 1. The Bertz CT molecular complexity index is 1100. The van der Waals surface area contributed by atoms with Crippen LogP contribution in [0.2, 0.25) is 0 Å². The highest BCUT2D eigenvalue weighted by atomic mass is 16.5. The molecule has 0 atom stereocenters. The molecule has 4 aromatic rings. The summed E-state index contributed by atoms with van der Waals surface area (Å²) in [5.41, 5.74) is 2.47. The molecule has 0 bridgehead atoms. The van der Waals surface area contributed by atoms with Crippen LogP contribution in [0.3, 0.4) is 0 Å². The number of hydrogen-bond donors (Lipinski definition) is 0. The Balaban J connectivity index is 1.20. The first-order chi connectivity index (χ1) is 14.3. The molecule has 29 heavy (non-hydrogen) atoms. The number of likely N-dealkylation sites (tertiary alicyclic amines) is 1. The van der Waals surface area contributed by atoms with Gasteiger partial charge in [-0.1, -0.05) is 23.4 Å². The molecular formula is C21H18N6O2. The maximum Gasteiger partial charge on any atom is 0.253 e. The van der Waals surface area contributed by atoms with Gasteiger partial charge in [-0.15, -0.1) is 0 Å². The van der Waals surface area contributed by atoms with Crippen LogP contribution < -0.4 is 0 Å². The molecule has 1 aliphatic rings. The van der Waals surface area contributed by atoms with Crippen molar-refractivity contribution in [3.05, 3.63) is 84.4 Å². The summed E-state index contributed by atoms with van der Waals surface area (Å²) < 4.78 is 7.36. The summed E-state index contributed by atoms with van der Waals surface area (Å²) in [4.78, 5) is 27.2. The van der Waals surface area contributed by atoms with Gasteiger partial charge < -0.3 is 14.0 Å². The monoisotopic (exact) mass is 386 g/mol. The molecule has 0 aliphatic carbocycles. The third-order valence-corrected chi connectivity index (χ3v) is 4.98. The molecule has 1 amide bonds. The van der Waals surface area contributed by atoms with Crippen molar-refractivity contribution in [1.82, 2.24) is 29.6 Å². The maximum absolute atomic E-state index is 12.7. The molecule has 0 unspecified atom stereocenters. The Morgan fingerprint density at radius 3 is 2.69 bits per heavy atom. The van der Waals surface area contributed by atoms with E-state index in [0.717, 1.165) is 12.1 Å². The number of carbonyl (C=O) groups excluding carboxylic acids is 1. The van der Waals surface area contributed by atoms with Crippen LogP contribution in [0.5, 0.6) is 0 Å². The van der Waals surface area contributed by atoms with Gasteiger partial charge in [0.2, 0.25) is 11.7 Å². The Kier molecular flexibility index (Phi) is 4.36. The van der Waals surface area contributed by atoms with Crippen LogP contribution in [0.4, 0.5) is 0 Å². The number of hydrogen-bond acceptors (Lipinski definition) is 6. The Morgan fingerprint density at radius 2 is 1.97 bits per heavy atom. The van der Waals surface area contributed by atoms with Gasteiger partial charge in [-0.2, -0.15) is 4.98 Å². The van der Waals surface area contributed by atoms with Crippen molar-refractivity contribution in [3.8, 4) is 11.5 Å². The normalized spacial score (nSPS) is 14.0. The first-order valence-corrected chi connectivity index (χ1v) is 9.35. The van der Waals surface area contributed by atoms with E-state index in [-0.39, 0.29) is 11.8 Å². The zero-order valence-corrected chi connectivity index (χ0v) is 15.5. The number of imidazole rings is 1. The van der Waals surface area contributed by atoms with Gasteiger partial charge in [-0.05, 0) is 29.8 Å². The number of nitrogens with zero attached hydrogens (tertiary/aromatic N) is 6.